The van der Waals surface area contributed by atoms with Crippen LogP contribution in [0.1, 0.15) is 59.3 Å². The lowest BCUT2D eigenvalue weighted by atomic mass is 9.75. The summed E-state index contributed by atoms with van der Waals surface area (Å²) in [5.74, 6) is 0.698. The molecule has 0 aliphatic heterocycles. The molecular formula is C23H39N3O2. The number of carbonyl (C=O) groups is 1. The molecule has 2 aliphatic rings. The molecule has 1 amide bonds. The lowest BCUT2D eigenvalue weighted by Crippen LogP contribution is -2.60. The predicted octanol–water partition coefficient (Wildman–Crippen LogP) is 4.15. The number of allylic oxidation sites excluding steroid dienone is 2. The fourth-order valence-electron chi connectivity index (χ4n) is 4.54. The fraction of sp³-hybridized carbons (Fsp3) is 0.739. The maximum absolute atomic E-state index is 13.3. The fourth-order valence-corrected chi connectivity index (χ4v) is 4.54. The number of likely N-dealkylation sites (N-methyl/N-ethyl adjacent to an activating group) is 2. The normalized spacial score (nSPS) is 25.3. The molecule has 3 unspecified atom stereocenters. The minimum Gasteiger partial charge on any atom is -0.371 e. The number of amides is 1. The molecule has 5 nitrogen and oxygen atoms in total. The van der Waals surface area contributed by atoms with Crippen molar-refractivity contribution >= 4 is 12.2 Å². The smallest absolute Gasteiger partial charge is 0.250 e. The number of ether oxygens (including phenoxy) is 1. The maximum atomic E-state index is 13.3. The molecule has 0 aromatic carbocycles. The number of nitrogens with zero attached hydrogens (tertiary/aromatic N) is 1. The van der Waals surface area contributed by atoms with Crippen molar-refractivity contribution in [2.75, 3.05) is 20.7 Å². The molecule has 0 radical (unpaired) electrons. The van der Waals surface area contributed by atoms with Gasteiger partial charge in [-0.1, -0.05) is 77.2 Å². The summed E-state index contributed by atoms with van der Waals surface area (Å²) in [4.78, 5) is 14.6. The Balaban J connectivity index is 2.20. The molecule has 2 N–H and O–H groups in total. The third kappa shape index (κ3) is 5.54. The van der Waals surface area contributed by atoms with Crippen LogP contribution < -0.4 is 5.32 Å². The SMILES string of the molecule is CNC(COC1C=CC=CC1C(C)(C)C)(CC1CCCCC1)C(=O)N(C)C=N. The molecule has 2 aliphatic carbocycles. The molecule has 28 heavy (non-hydrogen) atoms. The van der Waals surface area contributed by atoms with E-state index in [9.17, 15) is 4.79 Å². The van der Waals surface area contributed by atoms with Gasteiger partial charge in [0.05, 0.1) is 19.0 Å². The summed E-state index contributed by atoms with van der Waals surface area (Å²) in [5.41, 5.74) is -0.723. The summed E-state index contributed by atoms with van der Waals surface area (Å²) in [5, 5.41) is 10.9. The third-order valence-corrected chi connectivity index (χ3v) is 6.37. The Morgan fingerprint density at radius 1 is 1.21 bits per heavy atom. The van der Waals surface area contributed by atoms with E-state index in [2.05, 4.69) is 44.3 Å². The van der Waals surface area contributed by atoms with Crippen LogP contribution in [-0.2, 0) is 9.53 Å². The first-order valence-corrected chi connectivity index (χ1v) is 10.7. The van der Waals surface area contributed by atoms with E-state index < -0.39 is 5.54 Å². The zero-order valence-electron chi connectivity index (χ0n) is 18.3. The van der Waals surface area contributed by atoms with E-state index in [0.717, 1.165) is 12.8 Å². The molecule has 5 heteroatoms. The van der Waals surface area contributed by atoms with Crippen LogP contribution in [0, 0.1) is 22.7 Å². The van der Waals surface area contributed by atoms with Crippen LogP contribution >= 0.6 is 0 Å². The molecule has 0 bridgehead atoms. The van der Waals surface area contributed by atoms with Crippen LogP contribution in [-0.4, -0.2) is 49.5 Å². The highest BCUT2D eigenvalue weighted by atomic mass is 16.5. The van der Waals surface area contributed by atoms with E-state index in [-0.39, 0.29) is 23.3 Å². The Bertz CT molecular complexity index is 587. The van der Waals surface area contributed by atoms with Crippen LogP contribution in [0.25, 0.3) is 0 Å². The molecule has 1 fully saturated rings. The first-order chi connectivity index (χ1) is 13.2. The lowest BCUT2D eigenvalue weighted by molar-refractivity contribution is -0.138. The highest BCUT2D eigenvalue weighted by Crippen LogP contribution is 2.36. The van der Waals surface area contributed by atoms with Crippen molar-refractivity contribution < 1.29 is 9.53 Å². The summed E-state index contributed by atoms with van der Waals surface area (Å²) < 4.78 is 6.41. The Hall–Kier alpha value is -1.46. The Labute approximate surface area is 171 Å². The van der Waals surface area contributed by atoms with Gasteiger partial charge in [0.15, 0.2) is 0 Å². The van der Waals surface area contributed by atoms with E-state index in [4.69, 9.17) is 10.1 Å². The molecule has 0 saturated heterocycles. The molecule has 1 saturated carbocycles. The van der Waals surface area contributed by atoms with Crippen molar-refractivity contribution in [2.24, 2.45) is 17.3 Å². The number of rotatable bonds is 8. The average Bonchev–Trinajstić information content (AvgIpc) is 2.70. The van der Waals surface area contributed by atoms with Gasteiger partial charge in [-0.3, -0.25) is 10.2 Å². The van der Waals surface area contributed by atoms with Gasteiger partial charge in [-0.25, -0.2) is 0 Å². The van der Waals surface area contributed by atoms with Gasteiger partial charge in [-0.15, -0.1) is 0 Å². The van der Waals surface area contributed by atoms with E-state index >= 15 is 0 Å². The molecule has 2 rings (SSSR count). The van der Waals surface area contributed by atoms with Gasteiger partial charge in [-0.2, -0.15) is 0 Å². The van der Waals surface area contributed by atoms with Gasteiger partial charge >= 0.3 is 0 Å². The van der Waals surface area contributed by atoms with Crippen molar-refractivity contribution in [1.82, 2.24) is 10.2 Å². The first kappa shape index (κ1) is 22.8. The zero-order chi connectivity index (χ0) is 20.8. The topological polar surface area (TPSA) is 65.4 Å². The number of hydrogen-bond acceptors (Lipinski definition) is 4. The van der Waals surface area contributed by atoms with Crippen LogP contribution in [0.5, 0.6) is 0 Å². The second-order valence-electron chi connectivity index (χ2n) is 9.52. The van der Waals surface area contributed by atoms with E-state index in [1.165, 1.54) is 37.0 Å². The second kappa shape index (κ2) is 9.84. The number of nitrogens with one attached hydrogen (secondary N) is 2. The Morgan fingerprint density at radius 2 is 1.86 bits per heavy atom. The summed E-state index contributed by atoms with van der Waals surface area (Å²) in [7, 11) is 3.50. The predicted molar refractivity (Wildman–Crippen MR) is 116 cm³/mol. The third-order valence-electron chi connectivity index (χ3n) is 6.37. The number of hydrogen-bond donors (Lipinski definition) is 2. The van der Waals surface area contributed by atoms with E-state index in [0.29, 0.717) is 12.5 Å². The summed E-state index contributed by atoms with van der Waals surface area (Å²) in [6.45, 7) is 6.98. The summed E-state index contributed by atoms with van der Waals surface area (Å²) >= 11 is 0. The van der Waals surface area contributed by atoms with Crippen molar-refractivity contribution in [3.05, 3.63) is 24.3 Å². The largest absolute Gasteiger partial charge is 0.371 e. The lowest BCUT2D eigenvalue weighted by Gasteiger charge is -2.41. The minimum atomic E-state index is -0.800. The van der Waals surface area contributed by atoms with Gasteiger partial charge < -0.3 is 15.0 Å². The monoisotopic (exact) mass is 389 g/mol. The number of carbonyl (C=O) groups excluding carboxylic acids is 1. The quantitative estimate of drug-likeness (QED) is 0.484. The zero-order valence-corrected chi connectivity index (χ0v) is 18.3. The van der Waals surface area contributed by atoms with Crippen molar-refractivity contribution in [3.8, 4) is 0 Å². The van der Waals surface area contributed by atoms with E-state index in [1.807, 2.05) is 13.1 Å². The van der Waals surface area contributed by atoms with Crippen molar-refractivity contribution in [3.63, 3.8) is 0 Å². The molecule has 3 atom stereocenters. The Kier molecular flexibility index (Phi) is 8.02. The second-order valence-corrected chi connectivity index (χ2v) is 9.52. The van der Waals surface area contributed by atoms with Gasteiger partial charge in [0.25, 0.3) is 0 Å². The molecule has 158 valence electrons. The standard InChI is InChI=1S/C23H39N3O2/c1-22(2,3)19-13-9-10-14-20(19)28-16-23(25-4,21(27)26(5)17-24)15-18-11-7-6-8-12-18/h9-10,13-14,17-20,24-25H,6-8,11-12,15-16H2,1-5H3. The molecule has 0 spiro atoms. The van der Waals surface area contributed by atoms with Gasteiger partial charge in [0.1, 0.15) is 5.54 Å². The minimum absolute atomic E-state index is 0.0535. The summed E-state index contributed by atoms with van der Waals surface area (Å²) in [6, 6.07) is 0. The first-order valence-electron chi connectivity index (χ1n) is 10.7. The molecule has 0 aromatic heterocycles. The van der Waals surface area contributed by atoms with Crippen LogP contribution in [0.2, 0.25) is 0 Å². The Morgan fingerprint density at radius 3 is 2.43 bits per heavy atom. The van der Waals surface area contributed by atoms with Gasteiger partial charge in [-0.05, 0) is 24.8 Å². The van der Waals surface area contributed by atoms with Crippen LogP contribution in [0.15, 0.2) is 24.3 Å². The highest BCUT2D eigenvalue weighted by molar-refractivity contribution is 5.93. The van der Waals surface area contributed by atoms with Crippen LogP contribution in [0.4, 0.5) is 0 Å². The van der Waals surface area contributed by atoms with Gasteiger partial charge in [0, 0.05) is 13.0 Å². The maximum Gasteiger partial charge on any atom is 0.250 e. The molecular weight excluding hydrogens is 350 g/mol. The highest BCUT2D eigenvalue weighted by Gasteiger charge is 2.42. The van der Waals surface area contributed by atoms with Crippen LogP contribution in [0.3, 0.4) is 0 Å². The summed E-state index contributed by atoms with van der Waals surface area (Å²) in [6.07, 6.45) is 16.3. The van der Waals surface area contributed by atoms with Gasteiger partial charge in [0.2, 0.25) is 5.91 Å². The molecule has 0 aromatic rings. The van der Waals surface area contributed by atoms with Crippen molar-refractivity contribution in [1.29, 1.82) is 5.41 Å². The van der Waals surface area contributed by atoms with E-state index in [1.54, 1.807) is 7.05 Å². The van der Waals surface area contributed by atoms with Crippen molar-refractivity contribution in [2.45, 2.75) is 70.9 Å². The average molecular weight is 390 g/mol. The molecule has 0 heterocycles.